The fourth-order valence-electron chi connectivity index (χ4n) is 2.36. The van der Waals surface area contributed by atoms with Gasteiger partial charge in [-0.05, 0) is 43.5 Å². The van der Waals surface area contributed by atoms with Gasteiger partial charge in [-0.25, -0.2) is 0 Å². The van der Waals surface area contributed by atoms with E-state index < -0.39 is 6.04 Å². The number of rotatable bonds is 7. The molecule has 2 N–H and O–H groups in total. The second-order valence-electron chi connectivity index (χ2n) is 6.32. The lowest BCUT2D eigenvalue weighted by atomic mass is 10.0. The Kier molecular flexibility index (Phi) is 6.18. The van der Waals surface area contributed by atoms with Crippen molar-refractivity contribution in [2.45, 2.75) is 39.8 Å². The molecule has 2 amide bonds. The van der Waals surface area contributed by atoms with Crippen molar-refractivity contribution in [3.8, 4) is 0 Å². The maximum absolute atomic E-state index is 12.4. The Morgan fingerprint density at radius 3 is 2.42 bits per heavy atom. The molecule has 0 aliphatic heterocycles. The molecule has 5 nitrogen and oxygen atoms in total. The van der Waals surface area contributed by atoms with Gasteiger partial charge < -0.3 is 15.1 Å². The Morgan fingerprint density at radius 2 is 1.83 bits per heavy atom. The fraction of sp³-hybridized carbons (Fsp3) is 0.368. The van der Waals surface area contributed by atoms with Crippen LogP contribution in [0, 0.1) is 12.8 Å². The number of carbonyl (C=O) groups excluding carboxylic acids is 2. The zero-order valence-corrected chi connectivity index (χ0v) is 14.3. The smallest absolute Gasteiger partial charge is 0.251 e. The number of amides is 2. The molecule has 0 aliphatic carbocycles. The molecule has 1 heterocycles. The highest BCUT2D eigenvalue weighted by Crippen LogP contribution is 2.09. The summed E-state index contributed by atoms with van der Waals surface area (Å²) in [6, 6.07) is 10.3. The first kappa shape index (κ1) is 17.8. The molecule has 0 bridgehead atoms. The number of furan rings is 1. The molecule has 24 heavy (non-hydrogen) atoms. The van der Waals surface area contributed by atoms with E-state index in [2.05, 4.69) is 10.6 Å². The van der Waals surface area contributed by atoms with Crippen LogP contribution in [0.4, 0.5) is 0 Å². The topological polar surface area (TPSA) is 71.3 Å². The van der Waals surface area contributed by atoms with E-state index in [4.69, 9.17) is 4.42 Å². The molecule has 0 saturated carbocycles. The van der Waals surface area contributed by atoms with Crippen LogP contribution in [0.5, 0.6) is 0 Å². The van der Waals surface area contributed by atoms with E-state index in [0.717, 1.165) is 5.56 Å². The first-order chi connectivity index (χ1) is 11.5. The van der Waals surface area contributed by atoms with E-state index in [1.165, 1.54) is 0 Å². The highest BCUT2D eigenvalue weighted by Gasteiger charge is 2.22. The van der Waals surface area contributed by atoms with Crippen LogP contribution < -0.4 is 10.6 Å². The third kappa shape index (κ3) is 5.26. The molecule has 5 heteroatoms. The molecule has 1 atom stereocenters. The van der Waals surface area contributed by atoms with Gasteiger partial charge in [0.1, 0.15) is 11.8 Å². The average molecular weight is 328 g/mol. The van der Waals surface area contributed by atoms with Gasteiger partial charge in [0.15, 0.2) is 0 Å². The van der Waals surface area contributed by atoms with Crippen LogP contribution in [0.2, 0.25) is 0 Å². The minimum Gasteiger partial charge on any atom is -0.467 e. The lowest BCUT2D eigenvalue weighted by Gasteiger charge is -2.20. The summed E-state index contributed by atoms with van der Waals surface area (Å²) in [6.45, 7) is 6.31. The van der Waals surface area contributed by atoms with E-state index in [1.807, 2.05) is 32.9 Å². The summed E-state index contributed by atoms with van der Waals surface area (Å²) in [5, 5.41) is 5.64. The van der Waals surface area contributed by atoms with Crippen LogP contribution in [-0.4, -0.2) is 17.9 Å². The molecule has 2 rings (SSSR count). The highest BCUT2D eigenvalue weighted by molar-refractivity contribution is 5.97. The molecule has 0 spiro atoms. The van der Waals surface area contributed by atoms with Crippen LogP contribution >= 0.6 is 0 Å². The van der Waals surface area contributed by atoms with Crippen LogP contribution in [0.1, 0.15) is 41.9 Å². The predicted molar refractivity (Wildman–Crippen MR) is 92.4 cm³/mol. The van der Waals surface area contributed by atoms with E-state index in [1.54, 1.807) is 30.5 Å². The summed E-state index contributed by atoms with van der Waals surface area (Å²) in [7, 11) is 0. The molecule has 0 saturated heterocycles. The fourth-order valence-corrected chi connectivity index (χ4v) is 2.36. The Morgan fingerprint density at radius 1 is 1.12 bits per heavy atom. The zero-order chi connectivity index (χ0) is 17.5. The molecule has 0 aliphatic rings. The van der Waals surface area contributed by atoms with Gasteiger partial charge in [-0.15, -0.1) is 0 Å². The molecule has 0 fully saturated rings. The molecular formula is C19H24N2O3. The van der Waals surface area contributed by atoms with Crippen molar-refractivity contribution < 1.29 is 14.0 Å². The van der Waals surface area contributed by atoms with E-state index in [0.29, 0.717) is 24.3 Å². The molecular weight excluding hydrogens is 304 g/mol. The van der Waals surface area contributed by atoms with Crippen molar-refractivity contribution in [2.75, 3.05) is 0 Å². The molecule has 0 unspecified atom stereocenters. The van der Waals surface area contributed by atoms with Crippen molar-refractivity contribution in [2.24, 2.45) is 5.92 Å². The highest BCUT2D eigenvalue weighted by atomic mass is 16.3. The minimum atomic E-state index is -0.575. The van der Waals surface area contributed by atoms with Gasteiger partial charge >= 0.3 is 0 Å². The lowest BCUT2D eigenvalue weighted by Crippen LogP contribution is -2.47. The molecule has 1 aromatic heterocycles. The second-order valence-corrected chi connectivity index (χ2v) is 6.32. The van der Waals surface area contributed by atoms with E-state index in [9.17, 15) is 9.59 Å². The Bertz CT molecular complexity index is 660. The first-order valence-corrected chi connectivity index (χ1v) is 8.13. The van der Waals surface area contributed by atoms with Crippen LogP contribution in [0.3, 0.4) is 0 Å². The summed E-state index contributed by atoms with van der Waals surface area (Å²) in [4.78, 5) is 24.8. The number of hydrogen-bond acceptors (Lipinski definition) is 3. The minimum absolute atomic E-state index is 0.208. The SMILES string of the molecule is Cc1ccc(C(=O)N[C@@H](CC(C)C)C(=O)NCc2ccco2)cc1. The van der Waals surface area contributed by atoms with Crippen molar-refractivity contribution in [1.29, 1.82) is 0 Å². The van der Waals surface area contributed by atoms with Gasteiger partial charge in [-0.3, -0.25) is 9.59 Å². The van der Waals surface area contributed by atoms with Crippen molar-refractivity contribution >= 4 is 11.8 Å². The molecule has 128 valence electrons. The van der Waals surface area contributed by atoms with Gasteiger partial charge in [0.2, 0.25) is 5.91 Å². The summed E-state index contributed by atoms with van der Waals surface area (Å²) < 4.78 is 5.20. The quantitative estimate of drug-likeness (QED) is 0.820. The normalized spacial score (nSPS) is 12.0. The van der Waals surface area contributed by atoms with Crippen molar-refractivity contribution in [1.82, 2.24) is 10.6 Å². The maximum atomic E-state index is 12.4. The van der Waals surface area contributed by atoms with Gasteiger partial charge in [-0.2, -0.15) is 0 Å². The molecule has 0 radical (unpaired) electrons. The standard InChI is InChI=1S/C19H24N2O3/c1-13(2)11-17(19(23)20-12-16-5-4-10-24-16)21-18(22)15-8-6-14(3)7-9-15/h4-10,13,17H,11-12H2,1-3H3,(H,20,23)(H,21,22)/t17-/m0/s1. The number of hydrogen-bond donors (Lipinski definition) is 2. The molecule has 2 aromatic rings. The summed E-state index contributed by atoms with van der Waals surface area (Å²) in [5.74, 6) is 0.508. The first-order valence-electron chi connectivity index (χ1n) is 8.13. The monoisotopic (exact) mass is 328 g/mol. The zero-order valence-electron chi connectivity index (χ0n) is 14.3. The Hall–Kier alpha value is -2.56. The van der Waals surface area contributed by atoms with Gasteiger partial charge in [0, 0.05) is 5.56 Å². The number of nitrogens with one attached hydrogen (secondary N) is 2. The van der Waals surface area contributed by atoms with Gasteiger partial charge in [0.25, 0.3) is 5.91 Å². The maximum Gasteiger partial charge on any atom is 0.251 e. The number of carbonyl (C=O) groups is 2. The lowest BCUT2D eigenvalue weighted by molar-refractivity contribution is -0.123. The van der Waals surface area contributed by atoms with Gasteiger partial charge in [-0.1, -0.05) is 31.5 Å². The van der Waals surface area contributed by atoms with Crippen LogP contribution in [0.25, 0.3) is 0 Å². The van der Waals surface area contributed by atoms with E-state index >= 15 is 0 Å². The Balaban J connectivity index is 1.99. The average Bonchev–Trinajstić information content (AvgIpc) is 3.05. The Labute approximate surface area is 142 Å². The van der Waals surface area contributed by atoms with Crippen LogP contribution in [-0.2, 0) is 11.3 Å². The van der Waals surface area contributed by atoms with Crippen molar-refractivity contribution in [3.63, 3.8) is 0 Å². The third-order valence-corrected chi connectivity index (χ3v) is 3.66. The number of aryl methyl sites for hydroxylation is 1. The summed E-state index contributed by atoms with van der Waals surface area (Å²) in [6.07, 6.45) is 2.13. The summed E-state index contributed by atoms with van der Waals surface area (Å²) in [5.41, 5.74) is 1.63. The predicted octanol–water partition coefficient (Wildman–Crippen LogP) is 3.05. The van der Waals surface area contributed by atoms with Gasteiger partial charge in [0.05, 0.1) is 12.8 Å². The molecule has 1 aromatic carbocycles. The van der Waals surface area contributed by atoms with Crippen molar-refractivity contribution in [3.05, 3.63) is 59.5 Å². The second kappa shape index (κ2) is 8.34. The van der Waals surface area contributed by atoms with Crippen LogP contribution in [0.15, 0.2) is 47.1 Å². The number of benzene rings is 1. The third-order valence-electron chi connectivity index (χ3n) is 3.66. The largest absolute Gasteiger partial charge is 0.467 e. The summed E-state index contributed by atoms with van der Waals surface area (Å²) >= 11 is 0. The van der Waals surface area contributed by atoms with E-state index in [-0.39, 0.29) is 17.7 Å².